The van der Waals surface area contributed by atoms with Crippen LogP contribution in [0.4, 0.5) is 13.2 Å². The van der Waals surface area contributed by atoms with Crippen molar-refractivity contribution in [2.24, 2.45) is 0 Å². The van der Waals surface area contributed by atoms with Gasteiger partial charge in [-0.2, -0.15) is 18.3 Å². The number of morpholine rings is 1. The molecule has 8 heteroatoms. The highest BCUT2D eigenvalue weighted by Gasteiger charge is 2.39. The van der Waals surface area contributed by atoms with Crippen LogP contribution in [0.25, 0.3) is 0 Å². The molecular weight excluding hydrogens is 323 g/mol. The number of fused-ring (bicyclic) bond motifs is 1. The molecule has 3 aliphatic rings. The smallest absolute Gasteiger partial charge is 0.375 e. The fraction of sp³-hybridized carbons (Fsp3) is 0.750. The first-order chi connectivity index (χ1) is 11.4. The van der Waals surface area contributed by atoms with Crippen LogP contribution in [0, 0.1) is 0 Å². The molecule has 0 N–H and O–H groups in total. The van der Waals surface area contributed by atoms with Gasteiger partial charge in [-0.1, -0.05) is 0 Å². The third-order valence-corrected chi connectivity index (χ3v) is 5.21. The number of aromatic nitrogens is 2. The van der Waals surface area contributed by atoms with E-state index in [1.165, 1.54) is 0 Å². The van der Waals surface area contributed by atoms with Gasteiger partial charge in [-0.05, 0) is 38.2 Å². The summed E-state index contributed by atoms with van der Waals surface area (Å²) in [5, 5.41) is 4.24. The summed E-state index contributed by atoms with van der Waals surface area (Å²) in [6, 6.07) is 1.11. The molecule has 0 bridgehead atoms. The summed E-state index contributed by atoms with van der Waals surface area (Å²) in [5.41, 5.74) is -1.76. The Morgan fingerprint density at radius 2 is 2.04 bits per heavy atom. The van der Waals surface area contributed by atoms with Gasteiger partial charge < -0.3 is 4.74 Å². The summed E-state index contributed by atoms with van der Waals surface area (Å²) in [6.07, 6.45) is 0.127. The van der Waals surface area contributed by atoms with Crippen molar-refractivity contribution in [2.45, 2.75) is 63.0 Å². The minimum atomic E-state index is -4.65. The summed E-state index contributed by atoms with van der Waals surface area (Å²) in [4.78, 5) is 14.3. The Kier molecular flexibility index (Phi) is 3.91. The molecule has 4 rings (SSSR count). The summed E-state index contributed by atoms with van der Waals surface area (Å²) < 4.78 is 46.4. The Labute approximate surface area is 137 Å². The lowest BCUT2D eigenvalue weighted by atomic mass is 10.1. The SMILES string of the molecule is O=c1c(C(F)(F)F)cc(C2CC2)nn1CN1CCO[C@H]2CCC[C@@H]21. The van der Waals surface area contributed by atoms with E-state index in [1.807, 2.05) is 4.90 Å². The number of alkyl halides is 3. The monoisotopic (exact) mass is 343 g/mol. The van der Waals surface area contributed by atoms with Gasteiger partial charge >= 0.3 is 6.18 Å². The number of ether oxygens (including phenoxy) is 1. The molecule has 3 fully saturated rings. The number of hydrogen-bond acceptors (Lipinski definition) is 4. The van der Waals surface area contributed by atoms with E-state index in [4.69, 9.17) is 4.74 Å². The predicted molar refractivity (Wildman–Crippen MR) is 79.6 cm³/mol. The van der Waals surface area contributed by atoms with Crippen LogP contribution < -0.4 is 5.56 Å². The van der Waals surface area contributed by atoms with Crippen molar-refractivity contribution in [3.05, 3.63) is 27.7 Å². The molecule has 2 heterocycles. The van der Waals surface area contributed by atoms with E-state index in [0.717, 1.165) is 42.9 Å². The molecule has 1 saturated heterocycles. The zero-order valence-electron chi connectivity index (χ0n) is 13.3. The van der Waals surface area contributed by atoms with Gasteiger partial charge in [-0.15, -0.1) is 0 Å². The van der Waals surface area contributed by atoms with Crippen LogP contribution in [0.5, 0.6) is 0 Å². The van der Waals surface area contributed by atoms with E-state index in [1.54, 1.807) is 0 Å². The number of hydrogen-bond donors (Lipinski definition) is 0. The predicted octanol–water partition coefficient (Wildman–Crippen LogP) is 2.35. The molecule has 0 radical (unpaired) electrons. The average molecular weight is 343 g/mol. The summed E-state index contributed by atoms with van der Waals surface area (Å²) in [6.45, 7) is 1.27. The van der Waals surface area contributed by atoms with Crippen LogP contribution in [0.15, 0.2) is 10.9 Å². The zero-order valence-corrected chi connectivity index (χ0v) is 13.3. The van der Waals surface area contributed by atoms with E-state index in [9.17, 15) is 18.0 Å². The van der Waals surface area contributed by atoms with Crippen molar-refractivity contribution in [2.75, 3.05) is 13.2 Å². The van der Waals surface area contributed by atoms with E-state index in [-0.39, 0.29) is 24.7 Å². The highest BCUT2D eigenvalue weighted by atomic mass is 19.4. The lowest BCUT2D eigenvalue weighted by Gasteiger charge is -2.37. The van der Waals surface area contributed by atoms with Crippen molar-refractivity contribution in [3.63, 3.8) is 0 Å². The van der Waals surface area contributed by atoms with Crippen molar-refractivity contribution < 1.29 is 17.9 Å². The largest absolute Gasteiger partial charge is 0.421 e. The Hall–Kier alpha value is -1.41. The van der Waals surface area contributed by atoms with Gasteiger partial charge in [0.1, 0.15) is 5.56 Å². The van der Waals surface area contributed by atoms with Gasteiger partial charge in [0.15, 0.2) is 0 Å². The second kappa shape index (κ2) is 5.84. The second-order valence-electron chi connectivity index (χ2n) is 6.92. The molecule has 1 aliphatic heterocycles. The Balaban J connectivity index is 1.66. The van der Waals surface area contributed by atoms with Crippen LogP contribution in [0.1, 0.15) is 49.3 Å². The van der Waals surface area contributed by atoms with Crippen LogP contribution in [0.2, 0.25) is 0 Å². The third kappa shape index (κ3) is 2.97. The van der Waals surface area contributed by atoms with Gasteiger partial charge in [0.2, 0.25) is 0 Å². The third-order valence-electron chi connectivity index (χ3n) is 5.21. The van der Waals surface area contributed by atoms with Gasteiger partial charge in [-0.25, -0.2) is 4.68 Å². The zero-order chi connectivity index (χ0) is 16.9. The van der Waals surface area contributed by atoms with Crippen LogP contribution >= 0.6 is 0 Å². The topological polar surface area (TPSA) is 47.4 Å². The molecule has 0 spiro atoms. The molecule has 0 aromatic carbocycles. The molecule has 5 nitrogen and oxygen atoms in total. The van der Waals surface area contributed by atoms with E-state index in [2.05, 4.69) is 5.10 Å². The molecule has 2 aliphatic carbocycles. The molecular formula is C16H20F3N3O2. The second-order valence-corrected chi connectivity index (χ2v) is 6.92. The molecule has 0 amide bonds. The lowest BCUT2D eigenvalue weighted by molar-refractivity contribution is -0.139. The average Bonchev–Trinajstić information content (AvgIpc) is 3.25. The molecule has 24 heavy (non-hydrogen) atoms. The first kappa shape index (κ1) is 16.1. The summed E-state index contributed by atoms with van der Waals surface area (Å²) >= 11 is 0. The van der Waals surface area contributed by atoms with E-state index in [0.29, 0.717) is 18.8 Å². The van der Waals surface area contributed by atoms with Crippen molar-refractivity contribution in [1.82, 2.24) is 14.7 Å². The summed E-state index contributed by atoms with van der Waals surface area (Å²) in [7, 11) is 0. The minimum Gasteiger partial charge on any atom is -0.375 e. The molecule has 1 aromatic heterocycles. The maximum atomic E-state index is 13.2. The van der Waals surface area contributed by atoms with E-state index >= 15 is 0 Å². The minimum absolute atomic E-state index is 0.0573. The van der Waals surface area contributed by atoms with E-state index < -0.39 is 17.3 Å². The highest BCUT2D eigenvalue weighted by molar-refractivity contribution is 5.22. The van der Waals surface area contributed by atoms with Crippen molar-refractivity contribution in [1.29, 1.82) is 0 Å². The van der Waals surface area contributed by atoms with Gasteiger partial charge in [0, 0.05) is 18.5 Å². The maximum Gasteiger partial charge on any atom is 0.421 e. The van der Waals surface area contributed by atoms with Gasteiger partial charge in [-0.3, -0.25) is 9.69 Å². The van der Waals surface area contributed by atoms with Crippen molar-refractivity contribution >= 4 is 0 Å². The number of rotatable bonds is 3. The summed E-state index contributed by atoms with van der Waals surface area (Å²) in [5.74, 6) is 0.0573. The molecule has 132 valence electrons. The molecule has 1 aromatic rings. The Morgan fingerprint density at radius 1 is 1.25 bits per heavy atom. The standard InChI is InChI=1S/C16H20F3N3O2/c17-16(18,19)11-8-12(10-4-5-10)20-22(15(11)23)9-21-6-7-24-14-3-1-2-13(14)21/h8,10,13-14H,1-7,9H2/t13-,14-/m0/s1. The maximum absolute atomic E-state index is 13.2. The Bertz CT molecular complexity index is 684. The van der Waals surface area contributed by atoms with Gasteiger partial charge in [0.25, 0.3) is 5.56 Å². The van der Waals surface area contributed by atoms with Gasteiger partial charge in [0.05, 0.1) is 25.1 Å². The highest BCUT2D eigenvalue weighted by Crippen LogP contribution is 2.40. The quantitative estimate of drug-likeness (QED) is 0.845. The fourth-order valence-electron chi connectivity index (χ4n) is 3.79. The molecule has 2 saturated carbocycles. The normalized spacial score (nSPS) is 28.1. The Morgan fingerprint density at radius 3 is 2.75 bits per heavy atom. The number of nitrogens with zero attached hydrogens (tertiary/aromatic N) is 3. The van der Waals surface area contributed by atoms with Crippen LogP contribution in [-0.2, 0) is 17.6 Å². The van der Waals surface area contributed by atoms with Crippen molar-refractivity contribution in [3.8, 4) is 0 Å². The fourth-order valence-corrected chi connectivity index (χ4v) is 3.79. The first-order valence-electron chi connectivity index (χ1n) is 8.48. The number of halogens is 3. The van der Waals surface area contributed by atoms with Crippen LogP contribution in [0.3, 0.4) is 0 Å². The molecule has 2 atom stereocenters. The first-order valence-corrected chi connectivity index (χ1v) is 8.48. The van der Waals surface area contributed by atoms with Crippen LogP contribution in [-0.4, -0.2) is 40.0 Å². The lowest BCUT2D eigenvalue weighted by Crippen LogP contribution is -2.50. The molecule has 0 unspecified atom stereocenters.